The highest BCUT2D eigenvalue weighted by Crippen LogP contribution is 2.19. The molecule has 0 bridgehead atoms. The number of halogens is 1. The molecule has 2 aromatic rings. The maximum atomic E-state index is 12.3. The zero-order chi connectivity index (χ0) is 17.6. The molecular weight excluding hydrogens is 336 g/mol. The molecule has 5 heteroatoms. The number of carbonyl (C=O) groups is 1. The Labute approximate surface area is 154 Å². The molecule has 1 fully saturated rings. The summed E-state index contributed by atoms with van der Waals surface area (Å²) in [6, 6.07) is 15.3. The Morgan fingerprint density at radius 2 is 1.64 bits per heavy atom. The molecule has 4 nitrogen and oxygen atoms in total. The van der Waals surface area contributed by atoms with Crippen molar-refractivity contribution in [1.29, 1.82) is 0 Å². The van der Waals surface area contributed by atoms with Crippen molar-refractivity contribution in [1.82, 2.24) is 4.90 Å². The highest BCUT2D eigenvalue weighted by molar-refractivity contribution is 6.30. The van der Waals surface area contributed by atoms with Crippen LogP contribution < -0.4 is 9.64 Å². The van der Waals surface area contributed by atoms with Gasteiger partial charge in [0, 0.05) is 55.4 Å². The van der Waals surface area contributed by atoms with E-state index in [2.05, 4.69) is 21.9 Å². The van der Waals surface area contributed by atoms with Crippen LogP contribution in [0, 0.1) is 0 Å². The lowest BCUT2D eigenvalue weighted by Gasteiger charge is -2.36. The Hall–Kier alpha value is -2.04. The van der Waals surface area contributed by atoms with Gasteiger partial charge in [0.2, 0.25) is 0 Å². The molecule has 1 aliphatic heterocycles. The van der Waals surface area contributed by atoms with Gasteiger partial charge in [0.05, 0.1) is 7.11 Å². The Bertz CT molecular complexity index is 693. The first kappa shape index (κ1) is 17.8. The highest BCUT2D eigenvalue weighted by atomic mass is 35.5. The van der Waals surface area contributed by atoms with Gasteiger partial charge in [-0.15, -0.1) is 0 Å². The zero-order valence-corrected chi connectivity index (χ0v) is 15.2. The first-order valence-corrected chi connectivity index (χ1v) is 8.93. The number of hydrogen-bond acceptors (Lipinski definition) is 4. The lowest BCUT2D eigenvalue weighted by Crippen LogP contribution is -2.46. The molecule has 0 radical (unpaired) electrons. The maximum absolute atomic E-state index is 12.3. The van der Waals surface area contributed by atoms with E-state index >= 15 is 0 Å². The van der Waals surface area contributed by atoms with E-state index in [1.54, 1.807) is 7.11 Å². The van der Waals surface area contributed by atoms with Crippen LogP contribution in [0.1, 0.15) is 16.8 Å². The van der Waals surface area contributed by atoms with E-state index in [1.165, 1.54) is 5.69 Å². The fraction of sp³-hybridized carbons (Fsp3) is 0.350. The van der Waals surface area contributed by atoms with Crippen LogP contribution in [0.15, 0.2) is 48.5 Å². The fourth-order valence-electron chi connectivity index (χ4n) is 3.06. The minimum Gasteiger partial charge on any atom is -0.497 e. The van der Waals surface area contributed by atoms with Crippen LogP contribution in [0.2, 0.25) is 5.02 Å². The summed E-state index contributed by atoms with van der Waals surface area (Å²) >= 11 is 5.95. The average Bonchev–Trinajstić information content (AvgIpc) is 2.67. The Kier molecular flexibility index (Phi) is 5.95. The van der Waals surface area contributed by atoms with Gasteiger partial charge >= 0.3 is 0 Å². The third-order valence-corrected chi connectivity index (χ3v) is 4.88. The van der Waals surface area contributed by atoms with E-state index in [4.69, 9.17) is 16.3 Å². The monoisotopic (exact) mass is 358 g/mol. The second-order valence-electron chi connectivity index (χ2n) is 6.21. The molecule has 0 aliphatic carbocycles. The van der Waals surface area contributed by atoms with Crippen molar-refractivity contribution in [2.24, 2.45) is 0 Å². The normalized spacial score (nSPS) is 15.2. The van der Waals surface area contributed by atoms with Crippen LogP contribution in [0.4, 0.5) is 5.69 Å². The van der Waals surface area contributed by atoms with Crippen LogP contribution in [0.3, 0.4) is 0 Å². The van der Waals surface area contributed by atoms with Crippen molar-refractivity contribution in [3.63, 3.8) is 0 Å². The van der Waals surface area contributed by atoms with E-state index in [0.717, 1.165) is 49.1 Å². The molecule has 0 unspecified atom stereocenters. The van der Waals surface area contributed by atoms with Crippen molar-refractivity contribution >= 4 is 23.1 Å². The zero-order valence-electron chi connectivity index (χ0n) is 14.5. The number of ether oxygens (including phenoxy) is 1. The Balaban J connectivity index is 1.45. The molecule has 132 valence electrons. The number of carbonyl (C=O) groups excluding carboxylic acids is 1. The molecule has 1 aliphatic rings. The van der Waals surface area contributed by atoms with E-state index in [0.29, 0.717) is 6.42 Å². The minimum absolute atomic E-state index is 0.183. The molecule has 0 saturated carbocycles. The molecule has 25 heavy (non-hydrogen) atoms. The van der Waals surface area contributed by atoms with Gasteiger partial charge < -0.3 is 9.64 Å². The predicted octanol–water partition coefficient (Wildman–Crippen LogP) is 3.74. The largest absolute Gasteiger partial charge is 0.497 e. The molecular formula is C20H23ClN2O2. The van der Waals surface area contributed by atoms with Crippen molar-refractivity contribution in [2.75, 3.05) is 44.7 Å². The third kappa shape index (κ3) is 4.74. The molecule has 0 N–H and O–H groups in total. The van der Waals surface area contributed by atoms with Crippen molar-refractivity contribution in [2.45, 2.75) is 6.42 Å². The number of piperazine rings is 1. The Morgan fingerprint density at radius 1 is 1.00 bits per heavy atom. The van der Waals surface area contributed by atoms with E-state index in [1.807, 2.05) is 36.4 Å². The first-order chi connectivity index (χ1) is 12.2. The van der Waals surface area contributed by atoms with Gasteiger partial charge in [-0.3, -0.25) is 9.69 Å². The molecule has 0 atom stereocenters. The lowest BCUT2D eigenvalue weighted by molar-refractivity contribution is 0.0962. The number of Topliss-reactive ketones (excluding diaryl/α,β-unsaturated/α-hetero) is 1. The first-order valence-electron chi connectivity index (χ1n) is 8.56. The summed E-state index contributed by atoms with van der Waals surface area (Å²) in [6.45, 7) is 4.69. The van der Waals surface area contributed by atoms with Crippen molar-refractivity contribution in [3.8, 4) is 5.75 Å². The number of anilines is 1. The number of benzene rings is 2. The maximum Gasteiger partial charge on any atom is 0.164 e. The quantitative estimate of drug-likeness (QED) is 0.736. The summed E-state index contributed by atoms with van der Waals surface area (Å²) in [5.41, 5.74) is 1.96. The van der Waals surface area contributed by atoms with Gasteiger partial charge in [0.1, 0.15) is 5.75 Å². The van der Waals surface area contributed by atoms with Gasteiger partial charge in [-0.05, 0) is 48.5 Å². The van der Waals surface area contributed by atoms with Gasteiger partial charge in [0.15, 0.2) is 5.78 Å². The van der Waals surface area contributed by atoms with Crippen LogP contribution in [-0.4, -0.2) is 50.5 Å². The van der Waals surface area contributed by atoms with Crippen LogP contribution in [0.25, 0.3) is 0 Å². The van der Waals surface area contributed by atoms with Crippen LogP contribution in [-0.2, 0) is 0 Å². The van der Waals surface area contributed by atoms with Crippen molar-refractivity contribution < 1.29 is 9.53 Å². The van der Waals surface area contributed by atoms with E-state index < -0.39 is 0 Å². The Morgan fingerprint density at radius 3 is 2.24 bits per heavy atom. The van der Waals surface area contributed by atoms with E-state index in [-0.39, 0.29) is 5.78 Å². The van der Waals surface area contributed by atoms with Gasteiger partial charge in [0.25, 0.3) is 0 Å². The molecule has 0 amide bonds. The summed E-state index contributed by atoms with van der Waals surface area (Å²) in [5.74, 6) is 0.956. The molecule has 2 aromatic carbocycles. The minimum atomic E-state index is 0.183. The summed E-state index contributed by atoms with van der Waals surface area (Å²) in [7, 11) is 1.63. The molecule has 0 spiro atoms. The van der Waals surface area contributed by atoms with Crippen LogP contribution in [0.5, 0.6) is 5.75 Å². The molecule has 3 rings (SSSR count). The van der Waals surface area contributed by atoms with Gasteiger partial charge in [-0.2, -0.15) is 0 Å². The molecule has 0 aromatic heterocycles. The standard InChI is InChI=1S/C20H23ClN2O2/c1-25-19-8-2-16(3-9-19)20(24)10-11-22-12-14-23(15-13-22)18-6-4-17(21)5-7-18/h2-9H,10-15H2,1H3. The molecule has 1 heterocycles. The summed E-state index contributed by atoms with van der Waals surface area (Å²) < 4.78 is 5.13. The third-order valence-electron chi connectivity index (χ3n) is 4.63. The molecule has 1 saturated heterocycles. The highest BCUT2D eigenvalue weighted by Gasteiger charge is 2.18. The fourth-order valence-corrected chi connectivity index (χ4v) is 3.19. The van der Waals surface area contributed by atoms with Crippen LogP contribution >= 0.6 is 11.6 Å². The summed E-state index contributed by atoms with van der Waals surface area (Å²) in [5, 5.41) is 0.763. The smallest absolute Gasteiger partial charge is 0.164 e. The average molecular weight is 359 g/mol. The number of ketones is 1. The number of hydrogen-bond donors (Lipinski definition) is 0. The number of nitrogens with zero attached hydrogens (tertiary/aromatic N) is 2. The topological polar surface area (TPSA) is 32.8 Å². The number of methoxy groups -OCH3 is 1. The van der Waals surface area contributed by atoms with Gasteiger partial charge in [-0.25, -0.2) is 0 Å². The summed E-state index contributed by atoms with van der Waals surface area (Å²) in [6.07, 6.45) is 0.549. The lowest BCUT2D eigenvalue weighted by atomic mass is 10.1. The van der Waals surface area contributed by atoms with E-state index in [9.17, 15) is 4.79 Å². The van der Waals surface area contributed by atoms with Crippen molar-refractivity contribution in [3.05, 3.63) is 59.1 Å². The second kappa shape index (κ2) is 8.37. The summed E-state index contributed by atoms with van der Waals surface area (Å²) in [4.78, 5) is 17.0. The second-order valence-corrected chi connectivity index (χ2v) is 6.64. The number of rotatable bonds is 6. The van der Waals surface area contributed by atoms with Gasteiger partial charge in [-0.1, -0.05) is 11.6 Å². The SMILES string of the molecule is COc1ccc(C(=O)CCN2CCN(c3ccc(Cl)cc3)CC2)cc1. The predicted molar refractivity (Wildman–Crippen MR) is 102 cm³/mol.